The summed E-state index contributed by atoms with van der Waals surface area (Å²) in [5.41, 5.74) is 2.73. The van der Waals surface area contributed by atoms with E-state index >= 15 is 0 Å². The summed E-state index contributed by atoms with van der Waals surface area (Å²) in [6, 6.07) is 13.2. The van der Waals surface area contributed by atoms with Crippen molar-refractivity contribution in [1.29, 1.82) is 0 Å². The molecule has 2 aromatic rings. The van der Waals surface area contributed by atoms with Crippen molar-refractivity contribution in [2.75, 3.05) is 33.0 Å². The second-order valence-electron chi connectivity index (χ2n) is 6.93. The molecule has 1 fully saturated rings. The smallest absolute Gasteiger partial charge is 0.254 e. The average molecular weight is 378 g/mol. The van der Waals surface area contributed by atoms with Crippen LogP contribution in [0.2, 0.25) is 0 Å². The van der Waals surface area contributed by atoms with Crippen LogP contribution < -0.4 is 9.47 Å². The van der Waals surface area contributed by atoms with Crippen LogP contribution >= 0.6 is 0 Å². The Morgan fingerprint density at radius 1 is 0.929 bits per heavy atom. The molecular weight excluding hydrogens is 356 g/mol. The minimum atomic E-state index is -0.0549. The van der Waals surface area contributed by atoms with E-state index < -0.39 is 0 Å². The zero-order valence-corrected chi connectivity index (χ0v) is 15.8. The van der Waals surface area contributed by atoms with Crippen LogP contribution in [0.25, 0.3) is 6.08 Å². The highest BCUT2D eigenvalue weighted by atomic mass is 16.7. The Labute approximate surface area is 164 Å². The lowest BCUT2D eigenvalue weighted by Crippen LogP contribution is -2.50. The van der Waals surface area contributed by atoms with Crippen LogP contribution in [0.1, 0.15) is 21.5 Å². The molecule has 0 aromatic heterocycles. The number of carbonyl (C=O) groups is 2. The number of amides is 2. The van der Waals surface area contributed by atoms with Crippen LogP contribution in [0, 0.1) is 6.92 Å². The lowest BCUT2D eigenvalue weighted by atomic mass is 10.1. The number of rotatable bonds is 3. The van der Waals surface area contributed by atoms with Gasteiger partial charge in [0.05, 0.1) is 0 Å². The fraction of sp³-hybridized carbons (Fsp3) is 0.273. The van der Waals surface area contributed by atoms with Crippen LogP contribution in [-0.2, 0) is 4.79 Å². The van der Waals surface area contributed by atoms with Gasteiger partial charge in [-0.25, -0.2) is 0 Å². The molecular formula is C22H22N2O4. The van der Waals surface area contributed by atoms with Gasteiger partial charge in [-0.2, -0.15) is 0 Å². The van der Waals surface area contributed by atoms with E-state index in [1.807, 2.05) is 37.3 Å². The van der Waals surface area contributed by atoms with Crippen LogP contribution in [0.4, 0.5) is 0 Å². The van der Waals surface area contributed by atoms with E-state index in [4.69, 9.17) is 9.47 Å². The van der Waals surface area contributed by atoms with Crippen molar-refractivity contribution in [1.82, 2.24) is 9.80 Å². The third-order valence-corrected chi connectivity index (χ3v) is 4.96. The molecule has 6 nitrogen and oxygen atoms in total. The number of aryl methyl sites for hydroxylation is 1. The molecule has 2 aliphatic rings. The summed E-state index contributed by atoms with van der Waals surface area (Å²) in [6.07, 6.45) is 3.43. The number of piperazine rings is 1. The Morgan fingerprint density at radius 3 is 2.46 bits per heavy atom. The highest BCUT2D eigenvalue weighted by Crippen LogP contribution is 2.32. The van der Waals surface area contributed by atoms with Crippen molar-refractivity contribution in [3.05, 3.63) is 65.2 Å². The van der Waals surface area contributed by atoms with Gasteiger partial charge >= 0.3 is 0 Å². The quantitative estimate of drug-likeness (QED) is 0.771. The molecule has 0 N–H and O–H groups in total. The molecule has 0 saturated carbocycles. The Balaban J connectivity index is 1.34. The van der Waals surface area contributed by atoms with Crippen LogP contribution in [-0.4, -0.2) is 54.6 Å². The summed E-state index contributed by atoms with van der Waals surface area (Å²) in [5, 5.41) is 0. The molecule has 2 amide bonds. The maximum absolute atomic E-state index is 12.7. The maximum atomic E-state index is 12.7. The number of benzene rings is 2. The van der Waals surface area contributed by atoms with E-state index in [-0.39, 0.29) is 18.6 Å². The third-order valence-electron chi connectivity index (χ3n) is 4.96. The Bertz CT molecular complexity index is 930. The Kier molecular flexibility index (Phi) is 5.02. The molecule has 0 spiro atoms. The maximum Gasteiger partial charge on any atom is 0.254 e. The van der Waals surface area contributed by atoms with E-state index in [0.717, 1.165) is 11.1 Å². The first-order valence-corrected chi connectivity index (χ1v) is 9.33. The van der Waals surface area contributed by atoms with Crippen molar-refractivity contribution in [3.63, 3.8) is 0 Å². The normalized spacial score (nSPS) is 15.9. The largest absolute Gasteiger partial charge is 0.454 e. The SMILES string of the molecule is Cc1cccc(/C=C/C(=O)N2CCN(C(=O)c3ccc4c(c3)OCO4)CC2)c1. The summed E-state index contributed by atoms with van der Waals surface area (Å²) in [4.78, 5) is 28.7. The molecule has 2 heterocycles. The van der Waals surface area contributed by atoms with E-state index in [2.05, 4.69) is 0 Å². The summed E-state index contributed by atoms with van der Waals surface area (Å²) in [6.45, 7) is 4.27. The number of hydrogen-bond donors (Lipinski definition) is 0. The van der Waals surface area contributed by atoms with Gasteiger partial charge in [-0.05, 0) is 36.8 Å². The van der Waals surface area contributed by atoms with Crippen LogP contribution in [0.3, 0.4) is 0 Å². The molecule has 1 saturated heterocycles. The minimum Gasteiger partial charge on any atom is -0.454 e. The number of ether oxygens (including phenoxy) is 2. The molecule has 2 aliphatic heterocycles. The predicted octanol–water partition coefficient (Wildman–Crippen LogP) is 2.72. The predicted molar refractivity (Wildman–Crippen MR) is 105 cm³/mol. The van der Waals surface area contributed by atoms with Crippen molar-refractivity contribution in [2.24, 2.45) is 0 Å². The molecule has 4 rings (SSSR count). The summed E-state index contributed by atoms with van der Waals surface area (Å²) >= 11 is 0. The fourth-order valence-electron chi connectivity index (χ4n) is 3.39. The van der Waals surface area contributed by atoms with Crippen molar-refractivity contribution >= 4 is 17.9 Å². The van der Waals surface area contributed by atoms with E-state index in [9.17, 15) is 9.59 Å². The Hall–Kier alpha value is -3.28. The third kappa shape index (κ3) is 3.86. The molecule has 2 aromatic carbocycles. The lowest BCUT2D eigenvalue weighted by Gasteiger charge is -2.34. The zero-order chi connectivity index (χ0) is 19.5. The molecule has 6 heteroatoms. The summed E-state index contributed by atoms with van der Waals surface area (Å²) in [5.74, 6) is 1.17. The number of hydrogen-bond acceptors (Lipinski definition) is 4. The summed E-state index contributed by atoms with van der Waals surface area (Å²) in [7, 11) is 0. The van der Waals surface area contributed by atoms with Gasteiger partial charge < -0.3 is 19.3 Å². The Morgan fingerprint density at radius 2 is 1.68 bits per heavy atom. The van der Waals surface area contributed by atoms with Gasteiger partial charge in [0.1, 0.15) is 0 Å². The molecule has 0 aliphatic carbocycles. The molecule has 144 valence electrons. The van der Waals surface area contributed by atoms with Gasteiger partial charge in [0.15, 0.2) is 11.5 Å². The molecule has 0 unspecified atom stereocenters. The second kappa shape index (κ2) is 7.76. The highest BCUT2D eigenvalue weighted by Gasteiger charge is 2.25. The van der Waals surface area contributed by atoms with Crippen LogP contribution in [0.5, 0.6) is 11.5 Å². The lowest BCUT2D eigenvalue weighted by molar-refractivity contribution is -0.127. The van der Waals surface area contributed by atoms with Gasteiger partial charge in [-0.15, -0.1) is 0 Å². The topological polar surface area (TPSA) is 59.1 Å². The molecule has 0 bridgehead atoms. The number of carbonyl (C=O) groups excluding carboxylic acids is 2. The van der Waals surface area contributed by atoms with E-state index in [0.29, 0.717) is 43.2 Å². The first-order valence-electron chi connectivity index (χ1n) is 9.33. The standard InChI is InChI=1S/C22H22N2O4/c1-16-3-2-4-17(13-16)5-8-21(25)23-9-11-24(12-10-23)22(26)18-6-7-19-20(14-18)28-15-27-19/h2-8,13-14H,9-12,15H2,1H3/b8-5+. The fourth-order valence-corrected chi connectivity index (χ4v) is 3.39. The van der Waals surface area contributed by atoms with Crippen molar-refractivity contribution in [2.45, 2.75) is 6.92 Å². The first-order chi connectivity index (χ1) is 13.6. The first kappa shape index (κ1) is 18.1. The number of fused-ring (bicyclic) bond motifs is 1. The average Bonchev–Trinajstić information content (AvgIpc) is 3.19. The van der Waals surface area contributed by atoms with E-state index in [1.165, 1.54) is 0 Å². The van der Waals surface area contributed by atoms with Crippen LogP contribution in [0.15, 0.2) is 48.5 Å². The van der Waals surface area contributed by atoms with E-state index in [1.54, 1.807) is 34.1 Å². The van der Waals surface area contributed by atoms with Crippen molar-refractivity contribution < 1.29 is 19.1 Å². The number of nitrogens with zero attached hydrogens (tertiary/aromatic N) is 2. The second-order valence-corrected chi connectivity index (χ2v) is 6.93. The zero-order valence-electron chi connectivity index (χ0n) is 15.8. The highest BCUT2D eigenvalue weighted by molar-refractivity contribution is 5.95. The summed E-state index contributed by atoms with van der Waals surface area (Å²) < 4.78 is 10.6. The van der Waals surface area contributed by atoms with Gasteiger partial charge in [0.25, 0.3) is 5.91 Å². The molecule has 28 heavy (non-hydrogen) atoms. The minimum absolute atomic E-state index is 0.0308. The van der Waals surface area contributed by atoms with Crippen molar-refractivity contribution in [3.8, 4) is 11.5 Å². The monoisotopic (exact) mass is 378 g/mol. The van der Waals surface area contributed by atoms with Gasteiger partial charge in [0.2, 0.25) is 12.7 Å². The molecule has 0 radical (unpaired) electrons. The van der Waals surface area contributed by atoms with Gasteiger partial charge in [0, 0.05) is 37.8 Å². The van der Waals surface area contributed by atoms with Gasteiger partial charge in [-0.1, -0.05) is 29.8 Å². The molecule has 0 atom stereocenters. The van der Waals surface area contributed by atoms with Gasteiger partial charge in [-0.3, -0.25) is 9.59 Å².